The lowest BCUT2D eigenvalue weighted by Gasteiger charge is -2.17. The summed E-state index contributed by atoms with van der Waals surface area (Å²) in [5, 5.41) is 22.1. The number of unbranched alkanes of at least 4 members (excludes halogenated alkanes) is 12. The Hall–Kier alpha value is -0.120. The summed E-state index contributed by atoms with van der Waals surface area (Å²) in [6, 6.07) is 0. The molecule has 3 N–H and O–H groups in total. The van der Waals surface area contributed by atoms with Crippen LogP contribution in [0.25, 0.3) is 0 Å². The third-order valence-electron chi connectivity index (χ3n) is 4.53. The predicted octanol–water partition coefficient (Wildman–Crippen LogP) is 5.49. The van der Waals surface area contributed by atoms with Gasteiger partial charge in [-0.1, -0.05) is 97.3 Å². The summed E-state index contributed by atoms with van der Waals surface area (Å²) in [4.78, 5) is 0. The minimum Gasteiger partial charge on any atom is -0.379 e. The van der Waals surface area contributed by atoms with Gasteiger partial charge in [0.2, 0.25) is 0 Å². The molecular weight excluding hydrogens is 286 g/mol. The number of rotatable bonds is 18. The van der Waals surface area contributed by atoms with Crippen molar-refractivity contribution in [2.24, 2.45) is 0 Å². The van der Waals surface area contributed by atoms with Crippen molar-refractivity contribution in [3.05, 3.63) is 0 Å². The molecule has 140 valence electrons. The Balaban J connectivity index is 3.15. The highest BCUT2D eigenvalue weighted by Crippen LogP contribution is 2.13. The van der Waals surface area contributed by atoms with Crippen LogP contribution >= 0.6 is 0 Å². The average Bonchev–Trinajstić information content (AvgIpc) is 2.52. The van der Waals surface area contributed by atoms with Crippen LogP contribution in [0.2, 0.25) is 0 Å². The van der Waals surface area contributed by atoms with Gasteiger partial charge in [-0.3, -0.25) is 5.32 Å². The summed E-state index contributed by atoms with van der Waals surface area (Å²) in [7, 11) is 0. The maximum atomic E-state index is 9.75. The maximum absolute atomic E-state index is 9.75. The molecule has 0 rings (SSSR count). The van der Waals surface area contributed by atoms with Crippen molar-refractivity contribution in [2.75, 3.05) is 0 Å². The van der Waals surface area contributed by atoms with E-state index in [-0.39, 0.29) is 0 Å². The minimum absolute atomic E-state index is 0.552. The van der Waals surface area contributed by atoms with Crippen LogP contribution in [0.3, 0.4) is 0 Å². The fraction of sp³-hybridized carbons (Fsp3) is 1.00. The van der Waals surface area contributed by atoms with E-state index in [1.54, 1.807) is 0 Å². The fourth-order valence-corrected chi connectivity index (χ4v) is 3.02. The molecule has 0 aliphatic rings. The van der Waals surface area contributed by atoms with E-state index in [9.17, 15) is 10.2 Å². The Bertz CT molecular complexity index is 224. The van der Waals surface area contributed by atoms with Gasteiger partial charge >= 0.3 is 0 Å². The van der Waals surface area contributed by atoms with E-state index < -0.39 is 12.5 Å². The van der Waals surface area contributed by atoms with Crippen LogP contribution in [0.5, 0.6) is 0 Å². The van der Waals surface area contributed by atoms with Crippen molar-refractivity contribution in [3.63, 3.8) is 0 Å². The molecule has 0 aromatic heterocycles. The summed E-state index contributed by atoms with van der Waals surface area (Å²) in [5.74, 6) is 0. The highest BCUT2D eigenvalue weighted by molar-refractivity contribution is 4.58. The van der Waals surface area contributed by atoms with E-state index in [0.717, 1.165) is 19.3 Å². The smallest absolute Gasteiger partial charge is 0.106 e. The quantitative estimate of drug-likeness (QED) is 0.230. The monoisotopic (exact) mass is 329 g/mol. The molecule has 0 heterocycles. The molecule has 0 bridgehead atoms. The van der Waals surface area contributed by atoms with Crippen molar-refractivity contribution in [1.82, 2.24) is 5.32 Å². The molecule has 23 heavy (non-hydrogen) atoms. The number of hydrogen-bond acceptors (Lipinski definition) is 3. The molecule has 0 fully saturated rings. The lowest BCUT2D eigenvalue weighted by molar-refractivity contribution is 0.0320. The second kappa shape index (κ2) is 18.2. The van der Waals surface area contributed by atoms with Crippen LogP contribution in [0.15, 0.2) is 0 Å². The Morgan fingerprint density at radius 3 is 1.35 bits per heavy atom. The first kappa shape index (κ1) is 22.9. The zero-order chi connectivity index (χ0) is 17.2. The molecule has 0 spiro atoms. The first-order valence-electron chi connectivity index (χ1n) is 10.3. The van der Waals surface area contributed by atoms with Crippen LogP contribution < -0.4 is 5.32 Å². The molecule has 3 heteroatoms. The first-order chi connectivity index (χ1) is 11.2. The van der Waals surface area contributed by atoms with Crippen molar-refractivity contribution in [1.29, 1.82) is 0 Å². The van der Waals surface area contributed by atoms with Crippen LogP contribution in [-0.2, 0) is 0 Å². The van der Waals surface area contributed by atoms with E-state index in [1.807, 2.05) is 6.92 Å². The normalized spacial score (nSPS) is 14.1. The Kier molecular flexibility index (Phi) is 18.1. The number of aliphatic hydroxyl groups is 2. The van der Waals surface area contributed by atoms with Crippen molar-refractivity contribution in [3.8, 4) is 0 Å². The molecule has 3 nitrogen and oxygen atoms in total. The summed E-state index contributed by atoms with van der Waals surface area (Å²) in [6.45, 7) is 4.30. The minimum atomic E-state index is -0.558. The van der Waals surface area contributed by atoms with Gasteiger partial charge in [-0.25, -0.2) is 0 Å². The maximum Gasteiger partial charge on any atom is 0.106 e. The highest BCUT2D eigenvalue weighted by Gasteiger charge is 2.08. The van der Waals surface area contributed by atoms with Gasteiger partial charge in [-0.05, 0) is 19.3 Å². The van der Waals surface area contributed by atoms with Crippen LogP contribution in [0, 0.1) is 0 Å². The van der Waals surface area contributed by atoms with E-state index in [1.165, 1.54) is 77.0 Å². The highest BCUT2D eigenvalue weighted by atomic mass is 16.3. The molecule has 2 atom stereocenters. The molecule has 0 aromatic carbocycles. The lowest BCUT2D eigenvalue weighted by atomic mass is 10.0. The molecule has 2 unspecified atom stereocenters. The predicted molar refractivity (Wildman–Crippen MR) is 100 cm³/mol. The SMILES string of the molecule is CCCCCCCCCCCCCCCC(O)NC(O)CCC. The van der Waals surface area contributed by atoms with Gasteiger partial charge in [0.1, 0.15) is 12.5 Å². The van der Waals surface area contributed by atoms with Gasteiger partial charge in [0.05, 0.1) is 0 Å². The van der Waals surface area contributed by atoms with Gasteiger partial charge < -0.3 is 10.2 Å². The van der Waals surface area contributed by atoms with Crippen molar-refractivity contribution >= 4 is 0 Å². The van der Waals surface area contributed by atoms with E-state index in [4.69, 9.17) is 0 Å². The second-order valence-electron chi connectivity index (χ2n) is 7.02. The number of hydrogen-bond donors (Lipinski definition) is 3. The molecule has 0 aliphatic carbocycles. The summed E-state index contributed by atoms with van der Waals surface area (Å²) < 4.78 is 0. The third-order valence-corrected chi connectivity index (χ3v) is 4.53. The number of aliphatic hydroxyl groups excluding tert-OH is 2. The van der Waals surface area contributed by atoms with Gasteiger partial charge in [0, 0.05) is 0 Å². The number of nitrogens with one attached hydrogen (secondary N) is 1. The topological polar surface area (TPSA) is 52.5 Å². The second-order valence-corrected chi connectivity index (χ2v) is 7.02. The lowest BCUT2D eigenvalue weighted by Crippen LogP contribution is -2.37. The Morgan fingerprint density at radius 2 is 0.913 bits per heavy atom. The largest absolute Gasteiger partial charge is 0.379 e. The van der Waals surface area contributed by atoms with Crippen LogP contribution in [0.1, 0.15) is 117 Å². The molecule has 0 aliphatic heterocycles. The van der Waals surface area contributed by atoms with Crippen LogP contribution in [0.4, 0.5) is 0 Å². The van der Waals surface area contributed by atoms with Gasteiger partial charge in [-0.15, -0.1) is 0 Å². The van der Waals surface area contributed by atoms with Gasteiger partial charge in [-0.2, -0.15) is 0 Å². The average molecular weight is 330 g/mol. The molecule has 0 saturated heterocycles. The fourth-order valence-electron chi connectivity index (χ4n) is 3.02. The van der Waals surface area contributed by atoms with E-state index >= 15 is 0 Å². The summed E-state index contributed by atoms with van der Waals surface area (Å²) in [5.41, 5.74) is 0. The first-order valence-corrected chi connectivity index (χ1v) is 10.3. The molecule has 0 saturated carbocycles. The van der Waals surface area contributed by atoms with Crippen molar-refractivity contribution < 1.29 is 10.2 Å². The standard InChI is InChI=1S/C20H43NO2/c1-3-5-6-7-8-9-10-11-12-13-14-15-16-18-20(23)21-19(22)17-4-2/h19-23H,3-18H2,1-2H3. The molecule has 0 radical (unpaired) electrons. The van der Waals surface area contributed by atoms with Gasteiger partial charge in [0.15, 0.2) is 0 Å². The Labute approximate surface area is 145 Å². The van der Waals surface area contributed by atoms with E-state index in [2.05, 4.69) is 12.2 Å². The summed E-state index contributed by atoms with van der Waals surface area (Å²) in [6.07, 6.45) is 18.7. The Morgan fingerprint density at radius 1 is 0.522 bits per heavy atom. The molecule has 0 amide bonds. The zero-order valence-electron chi connectivity index (χ0n) is 15.9. The van der Waals surface area contributed by atoms with Crippen molar-refractivity contribution in [2.45, 2.75) is 129 Å². The summed E-state index contributed by atoms with van der Waals surface area (Å²) >= 11 is 0. The third kappa shape index (κ3) is 18.1. The van der Waals surface area contributed by atoms with E-state index in [0.29, 0.717) is 6.42 Å². The van der Waals surface area contributed by atoms with Crippen LogP contribution in [-0.4, -0.2) is 22.7 Å². The zero-order valence-corrected chi connectivity index (χ0v) is 15.9. The molecule has 0 aromatic rings. The van der Waals surface area contributed by atoms with Gasteiger partial charge in [0.25, 0.3) is 0 Å². The molecular formula is C20H43NO2.